The molecule has 1 amide bonds. The van der Waals surface area contributed by atoms with Crippen molar-refractivity contribution in [1.29, 1.82) is 0 Å². The number of rotatable bonds is 7. The standard InChI is InChI=1S/C13H20N2O3/c1-10-3-4-11(9-12(10)14)13(17)15-5-2-7-18-8-6-16/h3-4,9,16H,2,5-8,14H2,1H3,(H,15,17). The van der Waals surface area contributed by atoms with Crippen molar-refractivity contribution in [3.05, 3.63) is 29.3 Å². The fourth-order valence-corrected chi connectivity index (χ4v) is 1.43. The minimum atomic E-state index is -0.135. The molecule has 18 heavy (non-hydrogen) atoms. The number of nitrogen functional groups attached to an aromatic ring is 1. The summed E-state index contributed by atoms with van der Waals surface area (Å²) in [5.41, 5.74) is 7.89. The van der Waals surface area contributed by atoms with E-state index in [1.807, 2.05) is 13.0 Å². The highest BCUT2D eigenvalue weighted by Gasteiger charge is 2.05. The van der Waals surface area contributed by atoms with Crippen LogP contribution >= 0.6 is 0 Å². The van der Waals surface area contributed by atoms with Gasteiger partial charge in [-0.2, -0.15) is 0 Å². The van der Waals surface area contributed by atoms with E-state index in [0.29, 0.717) is 37.4 Å². The van der Waals surface area contributed by atoms with Crippen LogP contribution in [-0.4, -0.2) is 37.4 Å². The van der Waals surface area contributed by atoms with Gasteiger partial charge in [-0.25, -0.2) is 0 Å². The van der Waals surface area contributed by atoms with Gasteiger partial charge in [0.05, 0.1) is 13.2 Å². The molecular weight excluding hydrogens is 232 g/mol. The number of carbonyl (C=O) groups is 1. The number of nitrogens with one attached hydrogen (secondary N) is 1. The van der Waals surface area contributed by atoms with Gasteiger partial charge in [-0.1, -0.05) is 6.07 Å². The summed E-state index contributed by atoms with van der Waals surface area (Å²) in [5, 5.41) is 11.3. The van der Waals surface area contributed by atoms with E-state index < -0.39 is 0 Å². The van der Waals surface area contributed by atoms with Crippen molar-refractivity contribution in [2.45, 2.75) is 13.3 Å². The van der Waals surface area contributed by atoms with E-state index in [4.69, 9.17) is 15.6 Å². The molecule has 0 fully saturated rings. The Kier molecular flexibility index (Phi) is 6.18. The first-order chi connectivity index (χ1) is 8.65. The zero-order valence-electron chi connectivity index (χ0n) is 10.6. The summed E-state index contributed by atoms with van der Waals surface area (Å²) in [7, 11) is 0. The SMILES string of the molecule is Cc1ccc(C(=O)NCCCOCCO)cc1N. The van der Waals surface area contributed by atoms with Gasteiger partial charge in [0, 0.05) is 24.4 Å². The summed E-state index contributed by atoms with van der Waals surface area (Å²) in [6, 6.07) is 5.25. The molecule has 0 radical (unpaired) electrons. The Bertz CT molecular complexity index is 394. The Balaban J connectivity index is 2.30. The predicted molar refractivity (Wildman–Crippen MR) is 70.4 cm³/mol. The van der Waals surface area contributed by atoms with Crippen LogP contribution in [0.5, 0.6) is 0 Å². The number of anilines is 1. The normalized spacial score (nSPS) is 10.3. The lowest BCUT2D eigenvalue weighted by molar-refractivity contribution is 0.0867. The van der Waals surface area contributed by atoms with Gasteiger partial charge in [-0.15, -0.1) is 0 Å². The number of nitrogens with two attached hydrogens (primary N) is 1. The quantitative estimate of drug-likeness (QED) is 0.493. The summed E-state index contributed by atoms with van der Waals surface area (Å²) in [4.78, 5) is 11.7. The molecule has 0 bridgehead atoms. The molecular formula is C13H20N2O3. The van der Waals surface area contributed by atoms with Gasteiger partial charge < -0.3 is 20.9 Å². The van der Waals surface area contributed by atoms with Crippen LogP contribution in [0.25, 0.3) is 0 Å². The number of aryl methyl sites for hydroxylation is 1. The van der Waals surface area contributed by atoms with E-state index in [2.05, 4.69) is 5.32 Å². The van der Waals surface area contributed by atoms with Gasteiger partial charge in [0.1, 0.15) is 0 Å². The second-order valence-corrected chi connectivity index (χ2v) is 4.02. The van der Waals surface area contributed by atoms with Crippen molar-refractivity contribution < 1.29 is 14.6 Å². The van der Waals surface area contributed by atoms with E-state index in [9.17, 15) is 4.79 Å². The topological polar surface area (TPSA) is 84.6 Å². The zero-order chi connectivity index (χ0) is 13.4. The molecule has 1 aromatic carbocycles. The molecule has 1 rings (SSSR count). The first-order valence-electron chi connectivity index (χ1n) is 5.98. The van der Waals surface area contributed by atoms with Crippen molar-refractivity contribution in [1.82, 2.24) is 5.32 Å². The summed E-state index contributed by atoms with van der Waals surface area (Å²) < 4.78 is 5.08. The summed E-state index contributed by atoms with van der Waals surface area (Å²) >= 11 is 0. The zero-order valence-corrected chi connectivity index (χ0v) is 10.6. The third-order valence-corrected chi connectivity index (χ3v) is 2.53. The Morgan fingerprint density at radius 1 is 1.44 bits per heavy atom. The second-order valence-electron chi connectivity index (χ2n) is 4.02. The number of aliphatic hydroxyl groups is 1. The summed E-state index contributed by atoms with van der Waals surface area (Å²) in [5.74, 6) is -0.135. The molecule has 1 aromatic rings. The minimum Gasteiger partial charge on any atom is -0.398 e. The highest BCUT2D eigenvalue weighted by molar-refractivity contribution is 5.95. The maximum atomic E-state index is 11.7. The van der Waals surface area contributed by atoms with Gasteiger partial charge in [0.2, 0.25) is 0 Å². The Morgan fingerprint density at radius 3 is 2.89 bits per heavy atom. The fraction of sp³-hybridized carbons (Fsp3) is 0.462. The fourth-order valence-electron chi connectivity index (χ4n) is 1.43. The van der Waals surface area contributed by atoms with E-state index in [-0.39, 0.29) is 12.5 Å². The molecule has 4 N–H and O–H groups in total. The Hall–Kier alpha value is -1.59. The molecule has 0 atom stereocenters. The van der Waals surface area contributed by atoms with E-state index in [1.54, 1.807) is 12.1 Å². The average molecular weight is 252 g/mol. The minimum absolute atomic E-state index is 0.0228. The molecule has 0 unspecified atom stereocenters. The number of ether oxygens (including phenoxy) is 1. The molecule has 0 heterocycles. The molecule has 0 aliphatic rings. The molecule has 0 spiro atoms. The van der Waals surface area contributed by atoms with Crippen LogP contribution in [-0.2, 0) is 4.74 Å². The number of hydrogen-bond donors (Lipinski definition) is 3. The Labute approximate surface area is 107 Å². The largest absolute Gasteiger partial charge is 0.398 e. The van der Waals surface area contributed by atoms with Crippen LogP contribution < -0.4 is 11.1 Å². The summed E-state index contributed by atoms with van der Waals surface area (Å²) in [6.07, 6.45) is 0.715. The summed E-state index contributed by atoms with van der Waals surface area (Å²) in [6.45, 7) is 3.32. The highest BCUT2D eigenvalue weighted by atomic mass is 16.5. The van der Waals surface area contributed by atoms with Crippen LogP contribution in [0.1, 0.15) is 22.3 Å². The van der Waals surface area contributed by atoms with Crippen molar-refractivity contribution in [3.63, 3.8) is 0 Å². The van der Waals surface area contributed by atoms with Gasteiger partial charge in [-0.3, -0.25) is 4.79 Å². The van der Waals surface area contributed by atoms with Crippen LogP contribution in [0.2, 0.25) is 0 Å². The molecule has 0 aliphatic carbocycles. The van der Waals surface area contributed by atoms with Crippen molar-refractivity contribution in [3.8, 4) is 0 Å². The lowest BCUT2D eigenvalue weighted by Gasteiger charge is -2.07. The first-order valence-corrected chi connectivity index (χ1v) is 5.98. The Morgan fingerprint density at radius 2 is 2.22 bits per heavy atom. The number of benzene rings is 1. The third-order valence-electron chi connectivity index (χ3n) is 2.53. The number of hydrogen-bond acceptors (Lipinski definition) is 4. The third kappa shape index (κ3) is 4.73. The molecule has 0 aromatic heterocycles. The van der Waals surface area contributed by atoms with E-state index >= 15 is 0 Å². The molecule has 5 heteroatoms. The molecule has 0 saturated heterocycles. The van der Waals surface area contributed by atoms with E-state index in [1.165, 1.54) is 0 Å². The van der Waals surface area contributed by atoms with Crippen LogP contribution in [0.3, 0.4) is 0 Å². The molecule has 100 valence electrons. The van der Waals surface area contributed by atoms with Crippen LogP contribution in [0, 0.1) is 6.92 Å². The molecule has 5 nitrogen and oxygen atoms in total. The van der Waals surface area contributed by atoms with Gasteiger partial charge in [-0.05, 0) is 31.0 Å². The smallest absolute Gasteiger partial charge is 0.251 e. The number of aliphatic hydroxyl groups excluding tert-OH is 1. The molecule has 0 aliphatic heterocycles. The van der Waals surface area contributed by atoms with Crippen molar-refractivity contribution >= 4 is 11.6 Å². The van der Waals surface area contributed by atoms with Crippen molar-refractivity contribution in [2.75, 3.05) is 32.1 Å². The van der Waals surface area contributed by atoms with Gasteiger partial charge >= 0.3 is 0 Å². The monoisotopic (exact) mass is 252 g/mol. The average Bonchev–Trinajstić information content (AvgIpc) is 2.36. The van der Waals surface area contributed by atoms with Gasteiger partial charge in [0.25, 0.3) is 5.91 Å². The number of carbonyl (C=O) groups excluding carboxylic acids is 1. The van der Waals surface area contributed by atoms with Crippen molar-refractivity contribution in [2.24, 2.45) is 0 Å². The van der Waals surface area contributed by atoms with Gasteiger partial charge in [0.15, 0.2) is 0 Å². The predicted octanol–water partition coefficient (Wildman–Crippen LogP) is 0.706. The molecule has 0 saturated carbocycles. The van der Waals surface area contributed by atoms with E-state index in [0.717, 1.165) is 5.56 Å². The second kappa shape index (κ2) is 7.68. The van der Waals surface area contributed by atoms with Crippen LogP contribution in [0.15, 0.2) is 18.2 Å². The van der Waals surface area contributed by atoms with Crippen LogP contribution in [0.4, 0.5) is 5.69 Å². The highest BCUT2D eigenvalue weighted by Crippen LogP contribution is 2.12. The first kappa shape index (κ1) is 14.5. The maximum absolute atomic E-state index is 11.7. The lowest BCUT2D eigenvalue weighted by Crippen LogP contribution is -2.25. The number of amides is 1. The maximum Gasteiger partial charge on any atom is 0.251 e. The lowest BCUT2D eigenvalue weighted by atomic mass is 10.1.